The second-order valence-corrected chi connectivity index (χ2v) is 4.79. The quantitative estimate of drug-likeness (QED) is 0.688. The zero-order chi connectivity index (χ0) is 12.0. The maximum Gasteiger partial charge on any atom is 0.132 e. The Morgan fingerprint density at radius 2 is 2.00 bits per heavy atom. The van der Waals surface area contributed by atoms with Crippen LogP contribution in [0.3, 0.4) is 0 Å². The highest BCUT2D eigenvalue weighted by Crippen LogP contribution is 2.25. The summed E-state index contributed by atoms with van der Waals surface area (Å²) in [6, 6.07) is 6.30. The molecule has 3 nitrogen and oxygen atoms in total. The fourth-order valence-corrected chi connectivity index (χ4v) is 2.08. The lowest BCUT2D eigenvalue weighted by molar-refractivity contribution is 0.799. The van der Waals surface area contributed by atoms with Crippen molar-refractivity contribution in [1.82, 2.24) is 15.0 Å². The van der Waals surface area contributed by atoms with Crippen molar-refractivity contribution >= 4 is 21.8 Å². The molecule has 0 radical (unpaired) electrons. The lowest BCUT2D eigenvalue weighted by Crippen LogP contribution is -1.88. The summed E-state index contributed by atoms with van der Waals surface area (Å²) in [6.07, 6.45) is 2.02. The Labute approximate surface area is 99.9 Å². The molecule has 2 heterocycles. The first-order chi connectivity index (χ1) is 8.15. The van der Waals surface area contributed by atoms with E-state index < -0.39 is 0 Å². The zero-order valence-corrected chi connectivity index (χ0v) is 10.3. The van der Waals surface area contributed by atoms with E-state index >= 15 is 0 Å². The summed E-state index contributed by atoms with van der Waals surface area (Å²) >= 11 is 0. The molecule has 0 amide bonds. The van der Waals surface area contributed by atoms with E-state index in [1.54, 1.807) is 0 Å². The molecule has 0 saturated heterocycles. The van der Waals surface area contributed by atoms with Crippen molar-refractivity contribution < 1.29 is 0 Å². The van der Waals surface area contributed by atoms with Gasteiger partial charge in [0.2, 0.25) is 0 Å². The molecule has 3 rings (SSSR count). The summed E-state index contributed by atoms with van der Waals surface area (Å²) in [4.78, 5) is 12.4. The number of rotatable bonds is 1. The summed E-state index contributed by atoms with van der Waals surface area (Å²) in [6.45, 7) is 6.29. The first-order valence-electron chi connectivity index (χ1n) is 5.90. The predicted octanol–water partition coefficient (Wildman–Crippen LogP) is 3.54. The molecule has 17 heavy (non-hydrogen) atoms. The Bertz CT molecular complexity index is 695. The molecular weight excluding hydrogens is 210 g/mol. The van der Waals surface area contributed by atoms with Gasteiger partial charge in [-0.05, 0) is 24.4 Å². The number of aromatic amines is 1. The second-order valence-electron chi connectivity index (χ2n) is 4.79. The fourth-order valence-electron chi connectivity index (χ4n) is 2.08. The maximum atomic E-state index is 4.64. The Morgan fingerprint density at radius 1 is 1.18 bits per heavy atom. The van der Waals surface area contributed by atoms with Gasteiger partial charge in [0.15, 0.2) is 0 Å². The number of aryl methyl sites for hydroxylation is 1. The molecule has 0 aliphatic carbocycles. The third kappa shape index (κ3) is 1.58. The third-order valence-corrected chi connectivity index (χ3v) is 3.02. The van der Waals surface area contributed by atoms with E-state index in [1.807, 2.05) is 6.20 Å². The fraction of sp³-hybridized carbons (Fsp3) is 0.286. The van der Waals surface area contributed by atoms with Crippen LogP contribution in [0.25, 0.3) is 21.8 Å². The molecule has 1 N–H and O–H groups in total. The molecule has 0 unspecified atom stereocenters. The second kappa shape index (κ2) is 3.55. The van der Waals surface area contributed by atoms with E-state index in [2.05, 4.69) is 53.9 Å². The topological polar surface area (TPSA) is 41.6 Å². The minimum Gasteiger partial charge on any atom is -0.365 e. The Morgan fingerprint density at radius 3 is 2.76 bits per heavy atom. The highest BCUT2D eigenvalue weighted by atomic mass is 14.9. The predicted molar refractivity (Wildman–Crippen MR) is 70.2 cm³/mol. The molecule has 0 bridgehead atoms. The highest BCUT2D eigenvalue weighted by molar-refractivity contribution is 6.03. The number of nitrogens with one attached hydrogen (secondary N) is 1. The lowest BCUT2D eigenvalue weighted by atomic mass is 10.1. The Balaban J connectivity index is 2.38. The van der Waals surface area contributed by atoms with Gasteiger partial charge in [0.05, 0.1) is 5.52 Å². The van der Waals surface area contributed by atoms with Gasteiger partial charge in [-0.25, -0.2) is 9.97 Å². The Kier molecular flexibility index (Phi) is 2.15. The number of hydrogen-bond donors (Lipinski definition) is 1. The van der Waals surface area contributed by atoms with Crippen molar-refractivity contribution in [3.63, 3.8) is 0 Å². The Hall–Kier alpha value is -1.90. The van der Waals surface area contributed by atoms with Crippen LogP contribution < -0.4 is 0 Å². The molecule has 0 spiro atoms. The summed E-state index contributed by atoms with van der Waals surface area (Å²) in [5.74, 6) is 1.29. The normalized spacial score (nSPS) is 11.8. The number of fused-ring (bicyclic) bond motifs is 3. The van der Waals surface area contributed by atoms with Crippen LogP contribution in [-0.2, 0) is 0 Å². The molecule has 3 aromatic rings. The van der Waals surface area contributed by atoms with Crippen LogP contribution in [-0.4, -0.2) is 15.0 Å². The summed E-state index contributed by atoms with van der Waals surface area (Å²) in [5.41, 5.74) is 3.14. The molecule has 2 aromatic heterocycles. The third-order valence-electron chi connectivity index (χ3n) is 3.02. The van der Waals surface area contributed by atoms with Gasteiger partial charge in [0.25, 0.3) is 0 Å². The van der Waals surface area contributed by atoms with E-state index in [9.17, 15) is 0 Å². The van der Waals surface area contributed by atoms with Crippen molar-refractivity contribution in [2.24, 2.45) is 0 Å². The summed E-state index contributed by atoms with van der Waals surface area (Å²) in [7, 11) is 0. The number of imidazole rings is 1. The molecule has 0 atom stereocenters. The van der Waals surface area contributed by atoms with Gasteiger partial charge in [-0.2, -0.15) is 0 Å². The van der Waals surface area contributed by atoms with Gasteiger partial charge >= 0.3 is 0 Å². The van der Waals surface area contributed by atoms with Crippen molar-refractivity contribution in [3.8, 4) is 0 Å². The number of hydrogen-bond acceptors (Lipinski definition) is 2. The van der Waals surface area contributed by atoms with Crippen LogP contribution in [0.15, 0.2) is 24.4 Å². The zero-order valence-electron chi connectivity index (χ0n) is 10.3. The monoisotopic (exact) mass is 225 g/mol. The van der Waals surface area contributed by atoms with Crippen molar-refractivity contribution in [2.75, 3.05) is 0 Å². The van der Waals surface area contributed by atoms with Crippen LogP contribution in [0.5, 0.6) is 0 Å². The molecule has 3 heteroatoms. The molecule has 0 aliphatic heterocycles. The molecule has 0 fully saturated rings. The van der Waals surface area contributed by atoms with Gasteiger partial charge in [-0.1, -0.05) is 19.9 Å². The average Bonchev–Trinajstić information content (AvgIpc) is 2.72. The minimum atomic E-state index is 0.367. The molecule has 1 aromatic carbocycles. The van der Waals surface area contributed by atoms with Gasteiger partial charge < -0.3 is 4.98 Å². The van der Waals surface area contributed by atoms with Gasteiger partial charge in [0.1, 0.15) is 11.3 Å². The van der Waals surface area contributed by atoms with Crippen LogP contribution in [0.2, 0.25) is 0 Å². The number of aromatic nitrogens is 3. The smallest absolute Gasteiger partial charge is 0.132 e. The van der Waals surface area contributed by atoms with Gasteiger partial charge in [0, 0.05) is 23.2 Å². The average molecular weight is 225 g/mol. The van der Waals surface area contributed by atoms with Crippen LogP contribution in [0.1, 0.15) is 31.3 Å². The van der Waals surface area contributed by atoms with Crippen LogP contribution >= 0.6 is 0 Å². The lowest BCUT2D eigenvalue weighted by Gasteiger charge is -2.00. The largest absolute Gasteiger partial charge is 0.365 e. The van der Waals surface area contributed by atoms with Crippen molar-refractivity contribution in [2.45, 2.75) is 26.7 Å². The highest BCUT2D eigenvalue weighted by Gasteiger charge is 2.10. The van der Waals surface area contributed by atoms with E-state index in [0.717, 1.165) is 27.9 Å². The SMILES string of the molecule is Cc1cc2ccc3nc(C(C)C)nc3c2c[nH]1. The standard InChI is InChI=1S/C14H15N3/c1-8(2)14-16-12-5-4-10-6-9(3)15-7-11(10)13(12)17-14/h4-8,15H,1-3H3. The summed E-state index contributed by atoms with van der Waals surface area (Å²) in [5, 5.41) is 2.36. The maximum absolute atomic E-state index is 4.64. The van der Waals surface area contributed by atoms with Gasteiger partial charge in [-0.15, -0.1) is 0 Å². The molecular formula is C14H15N3. The van der Waals surface area contributed by atoms with E-state index in [0.29, 0.717) is 5.92 Å². The van der Waals surface area contributed by atoms with Crippen LogP contribution in [0.4, 0.5) is 0 Å². The molecule has 0 saturated carbocycles. The van der Waals surface area contributed by atoms with E-state index in [4.69, 9.17) is 0 Å². The van der Waals surface area contributed by atoms with E-state index in [1.165, 1.54) is 5.39 Å². The minimum absolute atomic E-state index is 0.367. The first-order valence-corrected chi connectivity index (χ1v) is 5.90. The van der Waals surface area contributed by atoms with Crippen LogP contribution in [0, 0.1) is 6.92 Å². The van der Waals surface area contributed by atoms with E-state index in [-0.39, 0.29) is 0 Å². The first kappa shape index (κ1) is 10.3. The number of nitrogens with zero attached hydrogens (tertiary/aromatic N) is 2. The van der Waals surface area contributed by atoms with Crippen molar-refractivity contribution in [3.05, 3.63) is 35.9 Å². The number of H-pyrrole nitrogens is 1. The van der Waals surface area contributed by atoms with Gasteiger partial charge in [-0.3, -0.25) is 0 Å². The van der Waals surface area contributed by atoms with Crippen molar-refractivity contribution in [1.29, 1.82) is 0 Å². The molecule has 86 valence electrons. The molecule has 0 aliphatic rings. The summed E-state index contributed by atoms with van der Waals surface area (Å²) < 4.78 is 0. The number of benzene rings is 1. The number of pyridine rings is 1.